The van der Waals surface area contributed by atoms with Crippen molar-refractivity contribution in [3.63, 3.8) is 0 Å². The van der Waals surface area contributed by atoms with Gasteiger partial charge in [-0.1, -0.05) is 67.0 Å². The molecular formula is C14H28O2S2. The normalized spacial score (nSPS) is 10.7. The van der Waals surface area contributed by atoms with Gasteiger partial charge in [0.05, 0.1) is 0 Å². The molecule has 18 heavy (non-hydrogen) atoms. The molecule has 0 aliphatic carbocycles. The minimum atomic E-state index is -0.662. The van der Waals surface area contributed by atoms with Crippen molar-refractivity contribution in [3.8, 4) is 0 Å². The van der Waals surface area contributed by atoms with E-state index < -0.39 is 5.97 Å². The summed E-state index contributed by atoms with van der Waals surface area (Å²) >= 11 is 0. The number of carboxylic acids is 1. The Labute approximate surface area is 120 Å². The predicted molar refractivity (Wildman–Crippen MR) is 84.4 cm³/mol. The van der Waals surface area contributed by atoms with Gasteiger partial charge < -0.3 is 5.11 Å². The second-order valence-electron chi connectivity index (χ2n) is 4.62. The maximum Gasteiger partial charge on any atom is 0.303 e. The molecule has 0 amide bonds. The van der Waals surface area contributed by atoms with Gasteiger partial charge in [0.25, 0.3) is 0 Å². The zero-order chi connectivity index (χ0) is 13.5. The van der Waals surface area contributed by atoms with Crippen LogP contribution in [0.25, 0.3) is 0 Å². The van der Waals surface area contributed by atoms with E-state index >= 15 is 0 Å². The van der Waals surface area contributed by atoms with Crippen LogP contribution in [0.3, 0.4) is 0 Å². The quantitative estimate of drug-likeness (QED) is 0.345. The number of rotatable bonds is 14. The molecule has 0 fully saturated rings. The molecule has 0 aliphatic rings. The molecule has 0 bridgehead atoms. The molecule has 0 aromatic heterocycles. The highest BCUT2D eigenvalue weighted by Crippen LogP contribution is 2.24. The molecule has 0 saturated heterocycles. The number of carboxylic acid groups (broad SMARTS) is 1. The highest BCUT2D eigenvalue weighted by atomic mass is 33.1. The van der Waals surface area contributed by atoms with Crippen LogP contribution < -0.4 is 0 Å². The Morgan fingerprint density at radius 1 is 0.833 bits per heavy atom. The molecule has 0 heterocycles. The zero-order valence-corrected chi connectivity index (χ0v) is 13.3. The van der Waals surface area contributed by atoms with Crippen LogP contribution in [0.2, 0.25) is 0 Å². The fourth-order valence-corrected chi connectivity index (χ4v) is 3.97. The summed E-state index contributed by atoms with van der Waals surface area (Å²) in [6.45, 7) is 2.25. The van der Waals surface area contributed by atoms with Gasteiger partial charge in [-0.3, -0.25) is 4.79 Å². The second kappa shape index (κ2) is 15.2. The summed E-state index contributed by atoms with van der Waals surface area (Å²) in [4.78, 5) is 10.3. The third kappa shape index (κ3) is 16.2. The van der Waals surface area contributed by atoms with E-state index in [0.717, 1.165) is 12.8 Å². The fourth-order valence-electron chi connectivity index (χ4n) is 1.67. The minimum Gasteiger partial charge on any atom is -0.481 e. The van der Waals surface area contributed by atoms with Crippen LogP contribution in [0.15, 0.2) is 0 Å². The van der Waals surface area contributed by atoms with Crippen molar-refractivity contribution in [2.75, 3.05) is 11.5 Å². The van der Waals surface area contributed by atoms with Gasteiger partial charge in [0, 0.05) is 17.9 Å². The van der Waals surface area contributed by atoms with Crippen molar-refractivity contribution in [1.29, 1.82) is 0 Å². The van der Waals surface area contributed by atoms with Crippen molar-refractivity contribution in [2.24, 2.45) is 0 Å². The Morgan fingerprint density at radius 2 is 1.33 bits per heavy atom. The van der Waals surface area contributed by atoms with E-state index in [0.29, 0.717) is 6.42 Å². The smallest absolute Gasteiger partial charge is 0.303 e. The highest BCUT2D eigenvalue weighted by molar-refractivity contribution is 8.76. The molecule has 0 aromatic carbocycles. The van der Waals surface area contributed by atoms with Crippen LogP contribution in [0, 0.1) is 0 Å². The summed E-state index contributed by atoms with van der Waals surface area (Å²) in [7, 11) is 4.02. The van der Waals surface area contributed by atoms with Crippen LogP contribution >= 0.6 is 21.6 Å². The fraction of sp³-hybridized carbons (Fsp3) is 0.929. The molecule has 0 aromatic rings. The monoisotopic (exact) mass is 292 g/mol. The average Bonchev–Trinajstić information content (AvgIpc) is 2.34. The van der Waals surface area contributed by atoms with Crippen LogP contribution in [0.4, 0.5) is 0 Å². The van der Waals surface area contributed by atoms with Crippen molar-refractivity contribution < 1.29 is 9.90 Å². The van der Waals surface area contributed by atoms with Gasteiger partial charge in [0.1, 0.15) is 0 Å². The van der Waals surface area contributed by atoms with Gasteiger partial charge in [-0.2, -0.15) is 0 Å². The molecule has 4 heteroatoms. The summed E-state index contributed by atoms with van der Waals surface area (Å²) in [5.74, 6) is 1.88. The van der Waals surface area contributed by atoms with E-state index in [1.54, 1.807) is 0 Å². The van der Waals surface area contributed by atoms with Crippen molar-refractivity contribution in [1.82, 2.24) is 0 Å². The first-order chi connectivity index (χ1) is 8.77. The highest BCUT2D eigenvalue weighted by Gasteiger charge is 1.97. The summed E-state index contributed by atoms with van der Waals surface area (Å²) in [5.41, 5.74) is 0. The van der Waals surface area contributed by atoms with E-state index in [2.05, 4.69) is 6.92 Å². The number of unbranched alkanes of at least 4 members (excludes halogenated alkanes) is 7. The third-order valence-corrected chi connectivity index (χ3v) is 5.36. The van der Waals surface area contributed by atoms with Gasteiger partial charge in [-0.05, 0) is 19.3 Å². The third-order valence-electron chi connectivity index (χ3n) is 2.78. The zero-order valence-electron chi connectivity index (χ0n) is 11.7. The van der Waals surface area contributed by atoms with E-state index in [-0.39, 0.29) is 0 Å². The lowest BCUT2D eigenvalue weighted by molar-refractivity contribution is -0.137. The van der Waals surface area contributed by atoms with Crippen molar-refractivity contribution in [3.05, 3.63) is 0 Å². The van der Waals surface area contributed by atoms with E-state index in [1.807, 2.05) is 21.6 Å². The molecule has 108 valence electrons. The van der Waals surface area contributed by atoms with Gasteiger partial charge in [-0.25, -0.2) is 0 Å². The Hall–Kier alpha value is 0.170. The molecule has 0 saturated carbocycles. The number of carbonyl (C=O) groups is 1. The molecule has 0 radical (unpaired) electrons. The summed E-state index contributed by atoms with van der Waals surface area (Å²) in [6.07, 6.45) is 11.4. The first-order valence-electron chi connectivity index (χ1n) is 7.23. The first kappa shape index (κ1) is 18.2. The van der Waals surface area contributed by atoms with Gasteiger partial charge in [0.15, 0.2) is 0 Å². The first-order valence-corrected chi connectivity index (χ1v) is 9.72. The molecule has 0 unspecified atom stereocenters. The molecule has 2 nitrogen and oxygen atoms in total. The molecule has 0 atom stereocenters. The number of hydrogen-bond donors (Lipinski definition) is 1. The predicted octanol–water partition coefficient (Wildman–Crippen LogP) is 5.37. The lowest BCUT2D eigenvalue weighted by Crippen LogP contribution is -1.93. The lowest BCUT2D eigenvalue weighted by Gasteiger charge is -2.02. The maximum absolute atomic E-state index is 10.3. The molecular weight excluding hydrogens is 264 g/mol. The standard InChI is InChI=1S/C14H28O2S2/c1-2-3-4-9-12-17-18-13-10-7-5-6-8-11-14(15)16/h2-13H2,1H3,(H,15,16). The van der Waals surface area contributed by atoms with Crippen molar-refractivity contribution in [2.45, 2.75) is 71.1 Å². The Balaban J connectivity index is 2.92. The van der Waals surface area contributed by atoms with Crippen LogP contribution in [-0.2, 0) is 4.79 Å². The average molecular weight is 293 g/mol. The van der Waals surface area contributed by atoms with E-state index in [4.69, 9.17) is 5.11 Å². The van der Waals surface area contributed by atoms with E-state index in [9.17, 15) is 4.79 Å². The van der Waals surface area contributed by atoms with Gasteiger partial charge in [-0.15, -0.1) is 0 Å². The summed E-state index contributed by atoms with van der Waals surface area (Å²) in [5, 5.41) is 8.48. The largest absolute Gasteiger partial charge is 0.481 e. The Bertz CT molecular complexity index is 187. The summed E-state index contributed by atoms with van der Waals surface area (Å²) in [6, 6.07) is 0. The molecule has 0 rings (SSSR count). The van der Waals surface area contributed by atoms with Crippen molar-refractivity contribution >= 4 is 27.6 Å². The maximum atomic E-state index is 10.3. The van der Waals surface area contributed by atoms with Gasteiger partial charge >= 0.3 is 5.97 Å². The SMILES string of the molecule is CCCCCCSSCCCCCCCC(=O)O. The van der Waals surface area contributed by atoms with E-state index in [1.165, 1.54) is 56.5 Å². The molecule has 1 N–H and O–H groups in total. The second-order valence-corrected chi connectivity index (χ2v) is 7.32. The number of aliphatic carboxylic acids is 1. The number of hydrogen-bond acceptors (Lipinski definition) is 3. The van der Waals surface area contributed by atoms with Crippen LogP contribution in [-0.4, -0.2) is 22.6 Å². The lowest BCUT2D eigenvalue weighted by atomic mass is 10.1. The molecule has 0 aliphatic heterocycles. The van der Waals surface area contributed by atoms with Gasteiger partial charge in [0.2, 0.25) is 0 Å². The Morgan fingerprint density at radius 3 is 1.89 bits per heavy atom. The minimum absolute atomic E-state index is 0.336. The van der Waals surface area contributed by atoms with Crippen LogP contribution in [0.5, 0.6) is 0 Å². The van der Waals surface area contributed by atoms with Crippen LogP contribution in [0.1, 0.15) is 71.1 Å². The topological polar surface area (TPSA) is 37.3 Å². The summed E-state index contributed by atoms with van der Waals surface area (Å²) < 4.78 is 0. The Kier molecular flexibility index (Phi) is 15.4. The molecule has 0 spiro atoms.